The van der Waals surface area contributed by atoms with E-state index in [1.165, 1.54) is 17.8 Å². The molecule has 3 rings (SSSR count). The number of thiophene rings is 1. The molecule has 1 aromatic heterocycles. The minimum atomic E-state index is -0.527. The summed E-state index contributed by atoms with van der Waals surface area (Å²) in [6, 6.07) is 10.8. The maximum atomic E-state index is 13.0. The fourth-order valence-corrected chi connectivity index (χ4v) is 4.25. The van der Waals surface area contributed by atoms with Gasteiger partial charge < -0.3 is 10.6 Å². The Hall–Kier alpha value is -1.85. The number of carbonyl (C=O) groups is 2. The summed E-state index contributed by atoms with van der Waals surface area (Å²) < 4.78 is 0. The van der Waals surface area contributed by atoms with Gasteiger partial charge in [0.25, 0.3) is 0 Å². The molecule has 1 amide bonds. The molecular formula is C20H23ClN2O2S. The van der Waals surface area contributed by atoms with E-state index in [1.54, 1.807) is 12.1 Å². The van der Waals surface area contributed by atoms with E-state index in [2.05, 4.69) is 10.6 Å². The van der Waals surface area contributed by atoms with Crippen molar-refractivity contribution in [1.82, 2.24) is 5.32 Å². The lowest BCUT2D eigenvalue weighted by Crippen LogP contribution is -2.41. The van der Waals surface area contributed by atoms with Crippen LogP contribution in [0.15, 0.2) is 41.8 Å². The number of hydrogen-bond acceptors (Lipinski definition) is 4. The Bertz CT molecular complexity index is 742. The lowest BCUT2D eigenvalue weighted by atomic mass is 9.95. The molecule has 1 aliphatic carbocycles. The number of para-hydroxylation sites is 1. The summed E-state index contributed by atoms with van der Waals surface area (Å²) in [5, 5.41) is 8.41. The summed E-state index contributed by atoms with van der Waals surface area (Å²) >= 11 is 7.26. The van der Waals surface area contributed by atoms with Gasteiger partial charge in [-0.1, -0.05) is 37.5 Å². The molecule has 0 spiro atoms. The monoisotopic (exact) mass is 390 g/mol. The number of ketones is 1. The molecule has 1 aromatic carbocycles. The third-order valence-corrected chi connectivity index (χ3v) is 5.87. The van der Waals surface area contributed by atoms with Gasteiger partial charge in [0.2, 0.25) is 5.91 Å². The van der Waals surface area contributed by atoms with Gasteiger partial charge in [-0.3, -0.25) is 9.59 Å². The number of amides is 1. The highest BCUT2D eigenvalue weighted by Crippen LogP contribution is 2.27. The van der Waals surface area contributed by atoms with Crippen molar-refractivity contribution in [2.24, 2.45) is 0 Å². The molecule has 26 heavy (non-hydrogen) atoms. The van der Waals surface area contributed by atoms with Crippen LogP contribution in [0.2, 0.25) is 0 Å². The number of hydrogen-bond donors (Lipinski definition) is 2. The lowest BCUT2D eigenvalue weighted by Gasteiger charge is -2.26. The van der Waals surface area contributed by atoms with Gasteiger partial charge >= 0.3 is 0 Å². The average molecular weight is 391 g/mol. The summed E-state index contributed by atoms with van der Waals surface area (Å²) in [7, 11) is 0. The zero-order valence-corrected chi connectivity index (χ0v) is 16.1. The highest BCUT2D eigenvalue weighted by Gasteiger charge is 2.26. The van der Waals surface area contributed by atoms with Gasteiger partial charge in [-0.25, -0.2) is 0 Å². The highest BCUT2D eigenvalue weighted by molar-refractivity contribution is 7.10. The van der Waals surface area contributed by atoms with Gasteiger partial charge in [-0.2, -0.15) is 0 Å². The number of anilines is 1. The van der Waals surface area contributed by atoms with Crippen LogP contribution in [0.1, 0.15) is 53.4 Å². The van der Waals surface area contributed by atoms with Gasteiger partial charge in [-0.05, 0) is 36.4 Å². The Kier molecular flexibility index (Phi) is 6.69. The van der Waals surface area contributed by atoms with E-state index in [0.717, 1.165) is 30.6 Å². The Morgan fingerprint density at radius 3 is 2.58 bits per heavy atom. The van der Waals surface area contributed by atoms with E-state index in [0.29, 0.717) is 11.3 Å². The maximum absolute atomic E-state index is 13.0. The molecule has 1 heterocycles. The molecular weight excluding hydrogens is 368 g/mol. The molecule has 0 bridgehead atoms. The van der Waals surface area contributed by atoms with E-state index >= 15 is 0 Å². The number of benzene rings is 1. The van der Waals surface area contributed by atoms with Gasteiger partial charge in [0.05, 0.1) is 5.88 Å². The van der Waals surface area contributed by atoms with Gasteiger partial charge in [-0.15, -0.1) is 22.9 Å². The average Bonchev–Trinajstić information content (AvgIpc) is 3.21. The van der Waals surface area contributed by atoms with E-state index in [4.69, 9.17) is 11.6 Å². The molecule has 0 aliphatic heterocycles. The zero-order chi connectivity index (χ0) is 18.4. The summed E-state index contributed by atoms with van der Waals surface area (Å²) in [5.41, 5.74) is 1.14. The minimum Gasteiger partial charge on any atom is -0.369 e. The molecule has 2 N–H and O–H groups in total. The quantitative estimate of drug-likeness (QED) is 0.528. The van der Waals surface area contributed by atoms with Crippen molar-refractivity contribution < 1.29 is 9.59 Å². The molecule has 1 aliphatic rings. The normalized spacial score (nSPS) is 16.0. The molecule has 1 unspecified atom stereocenters. The van der Waals surface area contributed by atoms with E-state index in [9.17, 15) is 9.59 Å². The van der Waals surface area contributed by atoms with Crippen molar-refractivity contribution in [3.8, 4) is 0 Å². The van der Waals surface area contributed by atoms with Crippen molar-refractivity contribution in [2.45, 2.75) is 44.2 Å². The standard InChI is InChI=1S/C20H23ClN2O2S/c21-13-17(24)15-9-4-5-10-16(15)23-19(18-11-6-12-26-18)20(25)22-14-7-2-1-3-8-14/h4-6,9-12,14,19,23H,1-3,7-8,13H2,(H,22,25). The summed E-state index contributed by atoms with van der Waals surface area (Å²) in [5.74, 6) is -0.295. The topological polar surface area (TPSA) is 58.2 Å². The third-order valence-electron chi connectivity index (χ3n) is 4.69. The van der Waals surface area contributed by atoms with E-state index in [1.807, 2.05) is 29.6 Å². The van der Waals surface area contributed by atoms with Crippen LogP contribution < -0.4 is 10.6 Å². The summed E-state index contributed by atoms with van der Waals surface area (Å²) in [4.78, 5) is 26.0. The van der Waals surface area contributed by atoms with Crippen molar-refractivity contribution in [3.63, 3.8) is 0 Å². The Morgan fingerprint density at radius 2 is 1.88 bits per heavy atom. The first-order chi connectivity index (χ1) is 12.7. The van der Waals surface area contributed by atoms with Crippen LogP contribution in [0.3, 0.4) is 0 Å². The van der Waals surface area contributed by atoms with Crippen LogP contribution in [0.25, 0.3) is 0 Å². The Balaban J connectivity index is 1.81. The van der Waals surface area contributed by atoms with Crippen LogP contribution >= 0.6 is 22.9 Å². The molecule has 0 saturated heterocycles. The van der Waals surface area contributed by atoms with Crippen molar-refractivity contribution in [2.75, 3.05) is 11.2 Å². The Labute approximate surface area is 162 Å². The van der Waals surface area contributed by atoms with Crippen LogP contribution in [0, 0.1) is 0 Å². The number of rotatable bonds is 7. The summed E-state index contributed by atoms with van der Waals surface area (Å²) in [6.45, 7) is 0. The van der Waals surface area contributed by atoms with Crippen LogP contribution in [0.4, 0.5) is 5.69 Å². The van der Waals surface area contributed by atoms with Crippen LogP contribution in [0.5, 0.6) is 0 Å². The zero-order valence-electron chi connectivity index (χ0n) is 14.5. The van der Waals surface area contributed by atoms with Crippen LogP contribution in [-0.4, -0.2) is 23.6 Å². The molecule has 6 heteroatoms. The van der Waals surface area contributed by atoms with Crippen molar-refractivity contribution in [3.05, 3.63) is 52.2 Å². The number of nitrogens with one attached hydrogen (secondary N) is 2. The number of carbonyl (C=O) groups excluding carboxylic acids is 2. The predicted octanol–water partition coefficient (Wildman–Crippen LogP) is 4.77. The lowest BCUT2D eigenvalue weighted by molar-refractivity contribution is -0.122. The highest BCUT2D eigenvalue weighted by atomic mass is 35.5. The first kappa shape index (κ1) is 18.9. The summed E-state index contributed by atoms with van der Waals surface area (Å²) in [6.07, 6.45) is 5.63. The smallest absolute Gasteiger partial charge is 0.248 e. The Morgan fingerprint density at radius 1 is 1.12 bits per heavy atom. The van der Waals surface area contributed by atoms with Gasteiger partial charge in [0.1, 0.15) is 6.04 Å². The second-order valence-electron chi connectivity index (χ2n) is 6.54. The third kappa shape index (κ3) is 4.65. The van der Waals surface area contributed by atoms with E-state index in [-0.39, 0.29) is 23.6 Å². The van der Waals surface area contributed by atoms with E-state index < -0.39 is 6.04 Å². The molecule has 4 nitrogen and oxygen atoms in total. The second kappa shape index (κ2) is 9.19. The van der Waals surface area contributed by atoms with Gasteiger partial charge in [0.15, 0.2) is 5.78 Å². The predicted molar refractivity (Wildman–Crippen MR) is 107 cm³/mol. The van der Waals surface area contributed by atoms with Gasteiger partial charge in [0, 0.05) is 22.2 Å². The van der Waals surface area contributed by atoms with Crippen LogP contribution in [-0.2, 0) is 4.79 Å². The van der Waals surface area contributed by atoms with Crippen molar-refractivity contribution in [1.29, 1.82) is 0 Å². The maximum Gasteiger partial charge on any atom is 0.248 e. The van der Waals surface area contributed by atoms with Crippen molar-refractivity contribution >= 4 is 40.3 Å². The molecule has 1 atom stereocenters. The molecule has 1 saturated carbocycles. The minimum absolute atomic E-state index is 0.0486. The fraction of sp³-hybridized carbons (Fsp3) is 0.400. The molecule has 0 radical (unpaired) electrons. The number of halogens is 1. The molecule has 2 aromatic rings. The number of alkyl halides is 1. The second-order valence-corrected chi connectivity index (χ2v) is 7.79. The number of Topliss-reactive ketones (excluding diaryl/α,β-unsaturated/α-hetero) is 1. The SMILES string of the molecule is O=C(CCl)c1ccccc1NC(C(=O)NC1CCCCC1)c1cccs1. The molecule has 138 valence electrons. The fourth-order valence-electron chi connectivity index (χ4n) is 3.33. The first-order valence-electron chi connectivity index (χ1n) is 8.97. The largest absolute Gasteiger partial charge is 0.369 e. The first-order valence-corrected chi connectivity index (χ1v) is 10.4. The molecule has 1 fully saturated rings.